The highest BCUT2D eigenvalue weighted by molar-refractivity contribution is 6.07. The van der Waals surface area contributed by atoms with Gasteiger partial charge in [0, 0.05) is 11.9 Å². The van der Waals surface area contributed by atoms with Crippen molar-refractivity contribution in [2.24, 2.45) is 0 Å². The van der Waals surface area contributed by atoms with Crippen molar-refractivity contribution in [1.29, 1.82) is 0 Å². The summed E-state index contributed by atoms with van der Waals surface area (Å²) in [4.78, 5) is 25.1. The van der Waals surface area contributed by atoms with E-state index in [0.717, 1.165) is 17.3 Å². The molecule has 0 bridgehead atoms. The van der Waals surface area contributed by atoms with Gasteiger partial charge in [-0.3, -0.25) is 9.89 Å². The fraction of sp³-hybridized carbons (Fsp3) is 0.308. The first-order chi connectivity index (χ1) is 9.18. The molecular formula is C13H13N3O3. The first-order valence-corrected chi connectivity index (χ1v) is 6.14. The molecule has 1 atom stereocenters. The zero-order chi connectivity index (χ0) is 13.4. The zero-order valence-corrected chi connectivity index (χ0v) is 10.2. The summed E-state index contributed by atoms with van der Waals surface area (Å²) in [6.07, 6.45) is 2.83. The van der Waals surface area contributed by atoms with Gasteiger partial charge in [0.2, 0.25) is 0 Å². The first-order valence-electron chi connectivity index (χ1n) is 6.14. The Balaban J connectivity index is 2.00. The van der Waals surface area contributed by atoms with Crippen LogP contribution in [0, 0.1) is 0 Å². The molecule has 1 fully saturated rings. The molecule has 98 valence electrons. The molecule has 6 heteroatoms. The van der Waals surface area contributed by atoms with Gasteiger partial charge in [-0.15, -0.1) is 0 Å². The predicted molar refractivity (Wildman–Crippen MR) is 67.8 cm³/mol. The van der Waals surface area contributed by atoms with Crippen LogP contribution in [0.4, 0.5) is 0 Å². The number of hydrogen-bond donors (Lipinski definition) is 2. The van der Waals surface area contributed by atoms with Gasteiger partial charge in [0.1, 0.15) is 6.04 Å². The summed E-state index contributed by atoms with van der Waals surface area (Å²) in [5.41, 5.74) is 1.27. The maximum absolute atomic E-state index is 12.5. The van der Waals surface area contributed by atoms with E-state index in [0.29, 0.717) is 18.5 Å². The Kier molecular flexibility index (Phi) is 2.70. The standard InChI is InChI=1S/C13H13N3O3/c17-12(16-6-2-5-11(16)13(18)19)8-3-1-4-10-9(8)7-14-15-10/h1,3-4,7,11H,2,5-6H2,(H,14,15)(H,18,19). The first kappa shape index (κ1) is 11.7. The van der Waals surface area contributed by atoms with Crippen LogP contribution in [0.15, 0.2) is 24.4 Å². The maximum Gasteiger partial charge on any atom is 0.326 e. The Labute approximate surface area is 109 Å². The molecule has 0 radical (unpaired) electrons. The van der Waals surface area contributed by atoms with Crippen molar-refractivity contribution in [1.82, 2.24) is 15.1 Å². The Bertz CT molecular complexity index is 649. The van der Waals surface area contributed by atoms with Crippen molar-refractivity contribution in [3.05, 3.63) is 30.0 Å². The lowest BCUT2D eigenvalue weighted by molar-refractivity contribution is -0.141. The zero-order valence-electron chi connectivity index (χ0n) is 10.2. The largest absolute Gasteiger partial charge is 0.480 e. The van der Waals surface area contributed by atoms with Gasteiger partial charge >= 0.3 is 5.97 Å². The summed E-state index contributed by atoms with van der Waals surface area (Å²) in [6, 6.07) is 4.59. The van der Waals surface area contributed by atoms with E-state index in [1.54, 1.807) is 18.3 Å². The number of fused-ring (bicyclic) bond motifs is 1. The molecule has 2 heterocycles. The van der Waals surface area contributed by atoms with Crippen LogP contribution in [0.5, 0.6) is 0 Å². The molecule has 1 aromatic heterocycles. The van der Waals surface area contributed by atoms with Gasteiger partial charge in [0.15, 0.2) is 0 Å². The summed E-state index contributed by atoms with van der Waals surface area (Å²) in [6.45, 7) is 0.490. The number of H-pyrrole nitrogens is 1. The maximum atomic E-state index is 12.5. The lowest BCUT2D eigenvalue weighted by Crippen LogP contribution is -2.40. The average Bonchev–Trinajstić information content (AvgIpc) is 3.05. The molecule has 6 nitrogen and oxygen atoms in total. The number of amides is 1. The fourth-order valence-electron chi connectivity index (χ4n) is 2.58. The predicted octanol–water partition coefficient (Wildman–Crippen LogP) is 1.25. The molecule has 1 amide bonds. The molecule has 1 aliphatic heterocycles. The van der Waals surface area contributed by atoms with Crippen LogP contribution >= 0.6 is 0 Å². The van der Waals surface area contributed by atoms with E-state index in [1.165, 1.54) is 4.90 Å². The minimum Gasteiger partial charge on any atom is -0.480 e. The van der Waals surface area contributed by atoms with Crippen molar-refractivity contribution in [3.63, 3.8) is 0 Å². The summed E-state index contributed by atoms with van der Waals surface area (Å²) in [5, 5.41) is 16.6. The number of benzene rings is 1. The number of likely N-dealkylation sites (tertiary alicyclic amines) is 1. The number of aromatic nitrogens is 2. The van der Waals surface area contributed by atoms with E-state index in [-0.39, 0.29) is 5.91 Å². The van der Waals surface area contributed by atoms with Crippen LogP contribution < -0.4 is 0 Å². The molecule has 1 unspecified atom stereocenters. The van der Waals surface area contributed by atoms with Crippen molar-refractivity contribution in [2.45, 2.75) is 18.9 Å². The monoisotopic (exact) mass is 259 g/mol. The van der Waals surface area contributed by atoms with Crippen LogP contribution in [-0.4, -0.2) is 44.7 Å². The molecule has 3 rings (SSSR count). The van der Waals surface area contributed by atoms with Gasteiger partial charge in [-0.25, -0.2) is 4.79 Å². The van der Waals surface area contributed by atoms with Crippen molar-refractivity contribution < 1.29 is 14.7 Å². The van der Waals surface area contributed by atoms with Gasteiger partial charge in [0.05, 0.1) is 17.3 Å². The van der Waals surface area contributed by atoms with Crippen LogP contribution in [0.2, 0.25) is 0 Å². The molecule has 1 saturated heterocycles. The second-order valence-corrected chi connectivity index (χ2v) is 4.63. The number of hydrogen-bond acceptors (Lipinski definition) is 3. The van der Waals surface area contributed by atoms with E-state index in [4.69, 9.17) is 5.11 Å². The number of aliphatic carboxylic acids is 1. The van der Waals surface area contributed by atoms with Gasteiger partial charge in [0.25, 0.3) is 5.91 Å². The van der Waals surface area contributed by atoms with Crippen molar-refractivity contribution in [3.8, 4) is 0 Å². The Morgan fingerprint density at radius 3 is 3.05 bits per heavy atom. The summed E-state index contributed by atoms with van der Waals surface area (Å²) in [5.74, 6) is -1.18. The molecule has 2 aromatic rings. The number of carboxylic acid groups (broad SMARTS) is 1. The minimum atomic E-state index is -0.940. The number of carbonyl (C=O) groups excluding carboxylic acids is 1. The third-order valence-electron chi connectivity index (χ3n) is 3.51. The molecule has 19 heavy (non-hydrogen) atoms. The molecular weight excluding hydrogens is 246 g/mol. The third-order valence-corrected chi connectivity index (χ3v) is 3.51. The van der Waals surface area contributed by atoms with Crippen molar-refractivity contribution >= 4 is 22.8 Å². The summed E-state index contributed by atoms with van der Waals surface area (Å²) in [7, 11) is 0. The third kappa shape index (κ3) is 1.85. The quantitative estimate of drug-likeness (QED) is 0.849. The topological polar surface area (TPSA) is 86.3 Å². The molecule has 1 aliphatic rings. The SMILES string of the molecule is O=C(O)C1CCCN1C(=O)c1cccc2[nH]ncc12. The van der Waals surface area contributed by atoms with E-state index in [1.807, 2.05) is 6.07 Å². The number of carbonyl (C=O) groups is 2. The van der Waals surface area contributed by atoms with E-state index in [9.17, 15) is 9.59 Å². The number of nitrogens with zero attached hydrogens (tertiary/aromatic N) is 2. The molecule has 2 N–H and O–H groups in total. The smallest absolute Gasteiger partial charge is 0.326 e. The summed E-state index contributed by atoms with van der Waals surface area (Å²) < 4.78 is 0. The fourth-order valence-corrected chi connectivity index (χ4v) is 2.58. The van der Waals surface area contributed by atoms with E-state index < -0.39 is 12.0 Å². The Morgan fingerprint density at radius 2 is 2.26 bits per heavy atom. The normalized spacial score (nSPS) is 18.9. The minimum absolute atomic E-state index is 0.239. The number of carboxylic acids is 1. The summed E-state index contributed by atoms with van der Waals surface area (Å²) >= 11 is 0. The van der Waals surface area contributed by atoms with Gasteiger partial charge < -0.3 is 10.0 Å². The molecule has 1 aromatic carbocycles. The lowest BCUT2D eigenvalue weighted by Gasteiger charge is -2.21. The highest BCUT2D eigenvalue weighted by Gasteiger charge is 2.34. The average molecular weight is 259 g/mol. The Hall–Kier alpha value is -2.37. The highest BCUT2D eigenvalue weighted by Crippen LogP contribution is 2.23. The number of aromatic amines is 1. The highest BCUT2D eigenvalue weighted by atomic mass is 16.4. The second-order valence-electron chi connectivity index (χ2n) is 4.63. The molecule has 0 aliphatic carbocycles. The number of nitrogens with one attached hydrogen (secondary N) is 1. The van der Waals surface area contributed by atoms with Gasteiger partial charge in [-0.05, 0) is 25.0 Å². The number of rotatable bonds is 2. The second kappa shape index (κ2) is 4.38. The van der Waals surface area contributed by atoms with Gasteiger partial charge in [-0.2, -0.15) is 5.10 Å². The molecule has 0 spiro atoms. The van der Waals surface area contributed by atoms with Crippen LogP contribution in [0.3, 0.4) is 0 Å². The van der Waals surface area contributed by atoms with Crippen LogP contribution in [-0.2, 0) is 4.79 Å². The van der Waals surface area contributed by atoms with Crippen molar-refractivity contribution in [2.75, 3.05) is 6.54 Å². The lowest BCUT2D eigenvalue weighted by atomic mass is 10.1. The van der Waals surface area contributed by atoms with E-state index in [2.05, 4.69) is 10.2 Å². The Morgan fingerprint density at radius 1 is 1.42 bits per heavy atom. The molecule has 0 saturated carbocycles. The van der Waals surface area contributed by atoms with Gasteiger partial charge in [-0.1, -0.05) is 6.07 Å². The van der Waals surface area contributed by atoms with E-state index >= 15 is 0 Å². The van der Waals surface area contributed by atoms with Crippen LogP contribution in [0.1, 0.15) is 23.2 Å². The van der Waals surface area contributed by atoms with Crippen LogP contribution in [0.25, 0.3) is 10.9 Å².